The van der Waals surface area contributed by atoms with Gasteiger partial charge in [-0.25, -0.2) is 0 Å². The molecule has 0 radical (unpaired) electrons. The topological polar surface area (TPSA) is 29.5 Å². The summed E-state index contributed by atoms with van der Waals surface area (Å²) in [5, 5.41) is 9.24. The molecule has 0 saturated carbocycles. The van der Waals surface area contributed by atoms with Gasteiger partial charge in [-0.2, -0.15) is 0 Å². The summed E-state index contributed by atoms with van der Waals surface area (Å²) < 4.78 is 5.28. The van der Waals surface area contributed by atoms with Crippen molar-refractivity contribution in [1.82, 2.24) is 0 Å². The molecule has 0 aromatic carbocycles. The van der Waals surface area contributed by atoms with E-state index in [2.05, 4.69) is 18.4 Å². The molecule has 0 heterocycles. The molecule has 0 amide bonds. The molecule has 0 aromatic rings. The Bertz CT molecular complexity index is 226. The van der Waals surface area contributed by atoms with Crippen LogP contribution in [0.25, 0.3) is 0 Å². The van der Waals surface area contributed by atoms with E-state index in [0.717, 1.165) is 0 Å². The first kappa shape index (κ1) is 12.8. The van der Waals surface area contributed by atoms with Crippen molar-refractivity contribution in [3.8, 4) is 24.7 Å². The molecular weight excluding hydrogens is 176 g/mol. The van der Waals surface area contributed by atoms with Crippen LogP contribution in [0.1, 0.15) is 12.8 Å². The molecule has 1 N–H and O–H groups in total. The maximum atomic E-state index is 9.24. The number of hydrogen-bond acceptors (Lipinski definition) is 2. The lowest BCUT2D eigenvalue weighted by Gasteiger charge is -2.27. The van der Waals surface area contributed by atoms with Crippen molar-refractivity contribution >= 4 is 0 Å². The van der Waals surface area contributed by atoms with Crippen molar-refractivity contribution in [2.75, 3.05) is 19.8 Å². The van der Waals surface area contributed by atoms with Crippen LogP contribution < -0.4 is 0 Å². The summed E-state index contributed by atoms with van der Waals surface area (Å²) in [4.78, 5) is 0. The first-order valence-electron chi connectivity index (χ1n) is 4.41. The average molecular weight is 192 g/mol. The Balaban J connectivity index is 4.27. The van der Waals surface area contributed by atoms with Gasteiger partial charge < -0.3 is 9.84 Å². The summed E-state index contributed by atoms with van der Waals surface area (Å²) in [5.41, 5.74) is -0.494. The van der Waals surface area contributed by atoms with Gasteiger partial charge in [0.05, 0.1) is 19.8 Å². The summed E-state index contributed by atoms with van der Waals surface area (Å²) in [6, 6.07) is 0. The van der Waals surface area contributed by atoms with Crippen LogP contribution in [-0.4, -0.2) is 24.9 Å². The van der Waals surface area contributed by atoms with E-state index in [1.54, 1.807) is 6.08 Å². The smallest absolute Gasteiger partial charge is 0.0645 e. The highest BCUT2D eigenvalue weighted by Crippen LogP contribution is 2.25. The molecule has 2 nitrogen and oxygen atoms in total. The van der Waals surface area contributed by atoms with Crippen molar-refractivity contribution in [2.24, 2.45) is 5.41 Å². The van der Waals surface area contributed by atoms with Crippen LogP contribution in [0.4, 0.5) is 0 Å². The number of terminal acetylenes is 2. The molecule has 0 fully saturated rings. The van der Waals surface area contributed by atoms with Crippen LogP contribution in [0.5, 0.6) is 0 Å². The zero-order valence-corrected chi connectivity index (χ0v) is 8.33. The lowest BCUT2D eigenvalue weighted by Crippen LogP contribution is -2.30. The van der Waals surface area contributed by atoms with Crippen LogP contribution in [0.15, 0.2) is 12.7 Å². The van der Waals surface area contributed by atoms with Crippen LogP contribution in [0.3, 0.4) is 0 Å². The Hall–Kier alpha value is -1.22. The van der Waals surface area contributed by atoms with Gasteiger partial charge in [-0.05, 0) is 0 Å². The molecular formula is C12H16O2. The van der Waals surface area contributed by atoms with Gasteiger partial charge in [0.25, 0.3) is 0 Å². The number of hydrogen-bond donors (Lipinski definition) is 1. The van der Waals surface area contributed by atoms with Gasteiger partial charge >= 0.3 is 0 Å². The van der Waals surface area contributed by atoms with Crippen molar-refractivity contribution in [3.63, 3.8) is 0 Å². The second-order valence-corrected chi connectivity index (χ2v) is 3.22. The van der Waals surface area contributed by atoms with Crippen LogP contribution in [-0.2, 0) is 4.74 Å². The van der Waals surface area contributed by atoms with Crippen molar-refractivity contribution in [1.29, 1.82) is 0 Å². The number of ether oxygens (including phenoxy) is 1. The van der Waals surface area contributed by atoms with Crippen molar-refractivity contribution in [2.45, 2.75) is 12.8 Å². The highest BCUT2D eigenvalue weighted by Gasteiger charge is 2.27. The van der Waals surface area contributed by atoms with Crippen molar-refractivity contribution in [3.05, 3.63) is 12.7 Å². The molecule has 0 rings (SSSR count). The minimum atomic E-state index is -0.494. The molecule has 0 bridgehead atoms. The molecule has 0 atom stereocenters. The summed E-state index contributed by atoms with van der Waals surface area (Å²) in [6.07, 6.45) is 12.9. The van der Waals surface area contributed by atoms with Gasteiger partial charge in [0.1, 0.15) is 0 Å². The summed E-state index contributed by atoms with van der Waals surface area (Å²) in [7, 11) is 0. The quantitative estimate of drug-likeness (QED) is 0.373. The molecule has 76 valence electrons. The van der Waals surface area contributed by atoms with Gasteiger partial charge in [0.15, 0.2) is 0 Å². The lowest BCUT2D eigenvalue weighted by molar-refractivity contribution is 0.0228. The highest BCUT2D eigenvalue weighted by molar-refractivity contribution is 5.01. The highest BCUT2D eigenvalue weighted by atomic mass is 16.5. The van der Waals surface area contributed by atoms with E-state index >= 15 is 0 Å². The third-order valence-electron chi connectivity index (χ3n) is 1.93. The van der Waals surface area contributed by atoms with Gasteiger partial charge in [-0.15, -0.1) is 31.3 Å². The summed E-state index contributed by atoms with van der Waals surface area (Å²) in [5.74, 6) is 5.02. The van der Waals surface area contributed by atoms with E-state index < -0.39 is 5.41 Å². The van der Waals surface area contributed by atoms with Gasteiger partial charge in [-0.1, -0.05) is 6.08 Å². The predicted octanol–water partition coefficient (Wildman–Crippen LogP) is 1.21. The van der Waals surface area contributed by atoms with Crippen LogP contribution >= 0.6 is 0 Å². The molecule has 0 aromatic heterocycles. The Kier molecular flexibility index (Phi) is 6.58. The van der Waals surface area contributed by atoms with Gasteiger partial charge in [0, 0.05) is 18.3 Å². The van der Waals surface area contributed by atoms with Crippen LogP contribution in [0, 0.1) is 30.1 Å². The maximum Gasteiger partial charge on any atom is 0.0645 e. The summed E-state index contributed by atoms with van der Waals surface area (Å²) >= 11 is 0. The van der Waals surface area contributed by atoms with E-state index in [1.165, 1.54) is 0 Å². The summed E-state index contributed by atoms with van der Waals surface area (Å²) in [6.45, 7) is 4.28. The molecule has 0 aliphatic heterocycles. The Morgan fingerprint density at radius 2 is 1.93 bits per heavy atom. The van der Waals surface area contributed by atoms with Crippen LogP contribution in [0.2, 0.25) is 0 Å². The molecule has 0 aliphatic carbocycles. The fraction of sp³-hybridized carbons (Fsp3) is 0.500. The SMILES string of the molecule is C#CCC(CO)(CC#C)COCC=C. The Labute approximate surface area is 86.0 Å². The zero-order chi connectivity index (χ0) is 10.9. The Morgan fingerprint density at radius 1 is 1.36 bits per heavy atom. The molecule has 2 heteroatoms. The first-order chi connectivity index (χ1) is 6.74. The number of aliphatic hydroxyl groups excluding tert-OH is 1. The third kappa shape index (κ3) is 4.14. The largest absolute Gasteiger partial charge is 0.396 e. The van der Waals surface area contributed by atoms with E-state index in [-0.39, 0.29) is 6.61 Å². The molecule has 14 heavy (non-hydrogen) atoms. The lowest BCUT2D eigenvalue weighted by atomic mass is 9.83. The molecule has 0 spiro atoms. The van der Waals surface area contributed by atoms with E-state index in [9.17, 15) is 5.11 Å². The minimum Gasteiger partial charge on any atom is -0.396 e. The predicted molar refractivity (Wildman–Crippen MR) is 57.4 cm³/mol. The van der Waals surface area contributed by atoms with Crippen molar-refractivity contribution < 1.29 is 9.84 Å². The number of aliphatic hydroxyl groups is 1. The molecule has 0 unspecified atom stereocenters. The molecule has 0 saturated heterocycles. The number of rotatable bonds is 7. The van der Waals surface area contributed by atoms with E-state index in [1.807, 2.05) is 0 Å². The van der Waals surface area contributed by atoms with E-state index in [4.69, 9.17) is 17.6 Å². The first-order valence-corrected chi connectivity index (χ1v) is 4.41. The average Bonchev–Trinajstić information content (AvgIpc) is 2.19. The fourth-order valence-corrected chi connectivity index (χ4v) is 1.11. The monoisotopic (exact) mass is 192 g/mol. The second-order valence-electron chi connectivity index (χ2n) is 3.22. The normalized spacial score (nSPS) is 10.2. The minimum absolute atomic E-state index is 0.0570. The van der Waals surface area contributed by atoms with Gasteiger partial charge in [0.2, 0.25) is 0 Å². The Morgan fingerprint density at radius 3 is 2.29 bits per heavy atom. The molecule has 0 aliphatic rings. The standard InChI is InChI=1S/C12H16O2/c1-4-7-12(10-13,8-5-2)11-14-9-6-3/h1-2,6,13H,3,7-11H2. The second kappa shape index (κ2) is 7.21. The fourth-order valence-electron chi connectivity index (χ4n) is 1.11. The van der Waals surface area contributed by atoms with E-state index in [0.29, 0.717) is 26.1 Å². The van der Waals surface area contributed by atoms with Gasteiger partial charge in [-0.3, -0.25) is 0 Å². The maximum absolute atomic E-state index is 9.24. The zero-order valence-electron chi connectivity index (χ0n) is 8.33. The third-order valence-corrected chi connectivity index (χ3v) is 1.93.